The Kier molecular flexibility index (Phi) is 5.83. The Hall–Kier alpha value is -0.860. The van der Waals surface area contributed by atoms with Gasteiger partial charge in [-0.3, -0.25) is 4.79 Å². The molecule has 0 heterocycles. The lowest BCUT2D eigenvalue weighted by molar-refractivity contribution is -0.141. The van der Waals surface area contributed by atoms with Crippen LogP contribution in [0.3, 0.4) is 0 Å². The molecule has 0 aromatic heterocycles. The van der Waals surface area contributed by atoms with Crippen molar-refractivity contribution >= 4 is 12.3 Å². The van der Waals surface area contributed by atoms with Gasteiger partial charge in [0.25, 0.3) is 0 Å². The van der Waals surface area contributed by atoms with E-state index in [0.717, 1.165) is 25.5 Å². The molecule has 18 heavy (non-hydrogen) atoms. The topological polar surface area (TPSA) is 43.4 Å². The summed E-state index contributed by atoms with van der Waals surface area (Å²) in [6.07, 6.45) is 7.55. The van der Waals surface area contributed by atoms with Crippen LogP contribution in [0.15, 0.2) is 0 Å². The van der Waals surface area contributed by atoms with Crippen molar-refractivity contribution in [3.8, 4) is 0 Å². The number of ether oxygens (including phenoxy) is 1. The molecule has 2 atom stereocenters. The fraction of sp³-hybridized carbons (Fsp3) is 0.867. The van der Waals surface area contributed by atoms with E-state index in [9.17, 15) is 9.59 Å². The Bertz CT molecular complexity index is 283. The van der Waals surface area contributed by atoms with Gasteiger partial charge in [0.2, 0.25) is 0 Å². The number of esters is 1. The van der Waals surface area contributed by atoms with Crippen molar-refractivity contribution < 1.29 is 14.3 Å². The average molecular weight is 254 g/mol. The maximum absolute atomic E-state index is 11.2. The summed E-state index contributed by atoms with van der Waals surface area (Å²) < 4.78 is 4.91. The van der Waals surface area contributed by atoms with Gasteiger partial charge in [-0.25, -0.2) is 0 Å². The van der Waals surface area contributed by atoms with E-state index in [1.165, 1.54) is 26.2 Å². The molecule has 1 rings (SSSR count). The van der Waals surface area contributed by atoms with E-state index >= 15 is 0 Å². The van der Waals surface area contributed by atoms with Crippen molar-refractivity contribution in [2.75, 3.05) is 6.61 Å². The van der Waals surface area contributed by atoms with E-state index < -0.39 is 0 Å². The minimum atomic E-state index is -0.239. The average Bonchev–Trinajstić information content (AvgIpc) is 2.27. The SMILES string of the molecule is CC(=O)OCCCC(C=O)C1CCCC(C)(C)C1. The number of hydrogen-bond acceptors (Lipinski definition) is 3. The normalized spacial score (nSPS) is 24.3. The van der Waals surface area contributed by atoms with Gasteiger partial charge in [-0.15, -0.1) is 0 Å². The molecular weight excluding hydrogens is 228 g/mol. The molecule has 3 nitrogen and oxygen atoms in total. The van der Waals surface area contributed by atoms with E-state index in [0.29, 0.717) is 17.9 Å². The highest BCUT2D eigenvalue weighted by atomic mass is 16.5. The first-order valence-electron chi connectivity index (χ1n) is 7.03. The van der Waals surface area contributed by atoms with Gasteiger partial charge in [-0.05, 0) is 43.4 Å². The van der Waals surface area contributed by atoms with Gasteiger partial charge < -0.3 is 9.53 Å². The molecule has 1 aliphatic rings. The van der Waals surface area contributed by atoms with Crippen molar-refractivity contribution in [3.63, 3.8) is 0 Å². The van der Waals surface area contributed by atoms with Crippen LogP contribution in [0.25, 0.3) is 0 Å². The standard InChI is InChI=1S/C15H26O3/c1-12(17)18-9-5-7-14(11-16)13-6-4-8-15(2,3)10-13/h11,13-14H,4-10H2,1-3H3. The molecule has 1 saturated carbocycles. The zero-order chi connectivity index (χ0) is 13.6. The second-order valence-electron chi connectivity index (χ2n) is 6.30. The van der Waals surface area contributed by atoms with Crippen molar-refractivity contribution in [1.29, 1.82) is 0 Å². The zero-order valence-corrected chi connectivity index (χ0v) is 11.9. The molecule has 0 spiro atoms. The number of rotatable bonds is 6. The van der Waals surface area contributed by atoms with Crippen LogP contribution in [0.2, 0.25) is 0 Å². The lowest BCUT2D eigenvalue weighted by Crippen LogP contribution is -2.28. The van der Waals surface area contributed by atoms with E-state index in [-0.39, 0.29) is 11.9 Å². The first-order chi connectivity index (χ1) is 8.44. The fourth-order valence-corrected chi connectivity index (χ4v) is 3.07. The summed E-state index contributed by atoms with van der Waals surface area (Å²) in [6.45, 7) is 6.44. The predicted molar refractivity (Wildman–Crippen MR) is 71.2 cm³/mol. The smallest absolute Gasteiger partial charge is 0.302 e. The Morgan fingerprint density at radius 3 is 2.78 bits per heavy atom. The van der Waals surface area contributed by atoms with Crippen LogP contribution < -0.4 is 0 Å². The van der Waals surface area contributed by atoms with Gasteiger partial charge in [0.15, 0.2) is 0 Å². The molecule has 0 aliphatic heterocycles. The Morgan fingerprint density at radius 2 is 2.22 bits per heavy atom. The van der Waals surface area contributed by atoms with Gasteiger partial charge in [0.05, 0.1) is 6.61 Å². The fourth-order valence-electron chi connectivity index (χ4n) is 3.07. The van der Waals surface area contributed by atoms with Crippen molar-refractivity contribution in [3.05, 3.63) is 0 Å². The number of aldehydes is 1. The Labute approximate surface area is 110 Å². The summed E-state index contributed by atoms with van der Waals surface area (Å²) in [6, 6.07) is 0. The maximum Gasteiger partial charge on any atom is 0.302 e. The number of carbonyl (C=O) groups excluding carboxylic acids is 2. The lowest BCUT2D eigenvalue weighted by atomic mass is 9.68. The van der Waals surface area contributed by atoms with Gasteiger partial charge in [-0.2, -0.15) is 0 Å². The lowest BCUT2D eigenvalue weighted by Gasteiger charge is -2.37. The summed E-state index contributed by atoms with van der Waals surface area (Å²) >= 11 is 0. The van der Waals surface area contributed by atoms with Crippen LogP contribution in [0.5, 0.6) is 0 Å². The van der Waals surface area contributed by atoms with Crippen LogP contribution in [0.1, 0.15) is 59.3 Å². The van der Waals surface area contributed by atoms with Gasteiger partial charge in [0, 0.05) is 12.8 Å². The van der Waals surface area contributed by atoms with Gasteiger partial charge >= 0.3 is 5.97 Å². The molecule has 0 N–H and O–H groups in total. The van der Waals surface area contributed by atoms with Crippen LogP contribution in [-0.4, -0.2) is 18.9 Å². The minimum Gasteiger partial charge on any atom is -0.466 e. The first-order valence-corrected chi connectivity index (χ1v) is 7.03. The quantitative estimate of drug-likeness (QED) is 0.415. The molecule has 0 aromatic carbocycles. The summed E-state index contributed by atoms with van der Waals surface area (Å²) in [5, 5.41) is 0. The van der Waals surface area contributed by atoms with Gasteiger partial charge in [0.1, 0.15) is 6.29 Å². The predicted octanol–water partition coefficient (Wildman–Crippen LogP) is 3.36. The molecule has 3 heteroatoms. The van der Waals surface area contributed by atoms with Gasteiger partial charge in [-0.1, -0.05) is 20.3 Å². The maximum atomic E-state index is 11.2. The van der Waals surface area contributed by atoms with Crippen LogP contribution >= 0.6 is 0 Å². The van der Waals surface area contributed by atoms with E-state index in [2.05, 4.69) is 13.8 Å². The second kappa shape index (κ2) is 6.91. The summed E-state index contributed by atoms with van der Waals surface area (Å²) in [5.41, 5.74) is 0.375. The first kappa shape index (κ1) is 15.2. The summed E-state index contributed by atoms with van der Waals surface area (Å²) in [7, 11) is 0. The third-order valence-corrected chi connectivity index (χ3v) is 4.01. The molecule has 0 amide bonds. The molecule has 0 radical (unpaired) electrons. The van der Waals surface area contributed by atoms with E-state index in [1.54, 1.807) is 0 Å². The third-order valence-electron chi connectivity index (χ3n) is 4.01. The Morgan fingerprint density at radius 1 is 1.50 bits per heavy atom. The third kappa shape index (κ3) is 5.19. The summed E-state index contributed by atoms with van der Waals surface area (Å²) in [5.74, 6) is 0.417. The van der Waals surface area contributed by atoms with E-state index in [1.807, 2.05) is 0 Å². The molecule has 2 unspecified atom stereocenters. The van der Waals surface area contributed by atoms with Crippen LogP contribution in [0.4, 0.5) is 0 Å². The van der Waals surface area contributed by atoms with Crippen LogP contribution in [-0.2, 0) is 14.3 Å². The minimum absolute atomic E-state index is 0.139. The second-order valence-corrected chi connectivity index (χ2v) is 6.30. The molecule has 104 valence electrons. The highest BCUT2D eigenvalue weighted by Gasteiger charge is 2.32. The van der Waals surface area contributed by atoms with Crippen molar-refractivity contribution in [1.82, 2.24) is 0 Å². The number of carbonyl (C=O) groups is 2. The zero-order valence-electron chi connectivity index (χ0n) is 11.9. The molecule has 0 saturated heterocycles. The van der Waals surface area contributed by atoms with Crippen molar-refractivity contribution in [2.45, 2.75) is 59.3 Å². The molecule has 1 fully saturated rings. The highest BCUT2D eigenvalue weighted by Crippen LogP contribution is 2.42. The van der Waals surface area contributed by atoms with Crippen LogP contribution in [0, 0.1) is 17.3 Å². The molecule has 0 bridgehead atoms. The highest BCUT2D eigenvalue weighted by molar-refractivity contribution is 5.65. The molecular formula is C15H26O3. The monoisotopic (exact) mass is 254 g/mol. The largest absolute Gasteiger partial charge is 0.466 e. The Balaban J connectivity index is 2.36. The number of hydrogen-bond donors (Lipinski definition) is 0. The van der Waals surface area contributed by atoms with E-state index in [4.69, 9.17) is 4.74 Å². The molecule has 1 aliphatic carbocycles. The summed E-state index contributed by atoms with van der Waals surface area (Å²) in [4.78, 5) is 21.9. The molecule has 0 aromatic rings. The van der Waals surface area contributed by atoms with Crippen molar-refractivity contribution in [2.24, 2.45) is 17.3 Å².